The third-order valence-electron chi connectivity index (χ3n) is 3.42. The van der Waals surface area contributed by atoms with Crippen LogP contribution in [0.2, 0.25) is 0 Å². The maximum Gasteiger partial charge on any atom is 0.302 e. The number of hydrogen-bond donors (Lipinski definition) is 0. The third-order valence-corrected chi connectivity index (χ3v) is 3.42. The number of fused-ring (bicyclic) bond motifs is 1. The first kappa shape index (κ1) is 14.0. The second-order valence-electron chi connectivity index (χ2n) is 4.73. The number of anilines is 1. The van der Waals surface area contributed by atoms with Crippen LogP contribution in [0.4, 0.5) is 5.69 Å². The summed E-state index contributed by atoms with van der Waals surface area (Å²) < 4.78 is 4.91. The van der Waals surface area contributed by atoms with E-state index in [9.17, 15) is 19.7 Å². The van der Waals surface area contributed by atoms with Gasteiger partial charge in [0.2, 0.25) is 12.5 Å². The molecule has 2 rings (SSSR count). The van der Waals surface area contributed by atoms with E-state index in [4.69, 9.17) is 4.74 Å². The number of amides is 1. The number of esters is 1. The zero-order chi connectivity index (χ0) is 14.9. The lowest BCUT2D eigenvalue weighted by Crippen LogP contribution is -2.47. The quantitative estimate of drug-likeness (QED) is 0.460. The van der Waals surface area contributed by atoms with Gasteiger partial charge in [-0.2, -0.15) is 0 Å². The monoisotopic (exact) mass is 278 g/mol. The van der Waals surface area contributed by atoms with Crippen molar-refractivity contribution < 1.29 is 19.2 Å². The predicted molar refractivity (Wildman–Crippen MR) is 70.0 cm³/mol. The van der Waals surface area contributed by atoms with Crippen LogP contribution in [0, 0.1) is 10.1 Å². The molecule has 0 aliphatic carbocycles. The van der Waals surface area contributed by atoms with E-state index in [1.807, 2.05) is 0 Å². The number of hydrogen-bond acceptors (Lipinski definition) is 5. The Bertz CT molecular complexity index is 586. The van der Waals surface area contributed by atoms with Gasteiger partial charge in [0.25, 0.3) is 0 Å². The van der Waals surface area contributed by atoms with Crippen molar-refractivity contribution >= 4 is 17.6 Å². The van der Waals surface area contributed by atoms with Crippen molar-refractivity contribution in [2.45, 2.75) is 12.3 Å². The van der Waals surface area contributed by atoms with Crippen molar-refractivity contribution in [3.63, 3.8) is 0 Å². The Kier molecular flexibility index (Phi) is 3.44. The van der Waals surface area contributed by atoms with Crippen LogP contribution in [0.3, 0.4) is 0 Å². The molecule has 1 aromatic carbocycles. The van der Waals surface area contributed by atoms with Crippen LogP contribution in [0.5, 0.6) is 0 Å². The highest BCUT2D eigenvalue weighted by molar-refractivity contribution is 6.08. The van der Waals surface area contributed by atoms with E-state index in [0.717, 1.165) is 0 Å². The standard InChI is InChI=1S/C13H14N2O5/c1-9(16)20-8-13(7-15(18)19)10-5-3-4-6-11(10)14(2)12(13)17/h3-6H,7-8H2,1-2H3/t13-/m0/s1. The van der Waals surface area contributed by atoms with Gasteiger partial charge in [-0.3, -0.25) is 19.7 Å². The minimum Gasteiger partial charge on any atom is -0.464 e. The summed E-state index contributed by atoms with van der Waals surface area (Å²) >= 11 is 0. The first-order valence-electron chi connectivity index (χ1n) is 6.01. The van der Waals surface area contributed by atoms with Crippen LogP contribution in [0.1, 0.15) is 12.5 Å². The SMILES string of the molecule is CC(=O)OC[C@]1(C[N+](=O)[O-])C(=O)N(C)c2ccccc21. The lowest BCUT2D eigenvalue weighted by Gasteiger charge is -2.23. The third kappa shape index (κ3) is 2.11. The van der Waals surface area contributed by atoms with Gasteiger partial charge in [0.1, 0.15) is 6.61 Å². The van der Waals surface area contributed by atoms with E-state index in [0.29, 0.717) is 11.3 Å². The van der Waals surface area contributed by atoms with Crippen molar-refractivity contribution in [2.75, 3.05) is 25.1 Å². The van der Waals surface area contributed by atoms with Crippen LogP contribution in [-0.4, -0.2) is 37.0 Å². The van der Waals surface area contributed by atoms with E-state index in [2.05, 4.69) is 0 Å². The minimum absolute atomic E-state index is 0.330. The van der Waals surface area contributed by atoms with Gasteiger partial charge in [-0.15, -0.1) is 0 Å². The number of carbonyl (C=O) groups excluding carboxylic acids is 2. The van der Waals surface area contributed by atoms with E-state index in [1.54, 1.807) is 31.3 Å². The van der Waals surface area contributed by atoms with Gasteiger partial charge in [0.05, 0.1) is 0 Å². The van der Waals surface area contributed by atoms with Gasteiger partial charge in [0.15, 0.2) is 5.41 Å². The van der Waals surface area contributed by atoms with Gasteiger partial charge in [-0.25, -0.2) is 0 Å². The van der Waals surface area contributed by atoms with Crippen LogP contribution >= 0.6 is 0 Å². The fraction of sp³-hybridized carbons (Fsp3) is 0.385. The summed E-state index contributed by atoms with van der Waals surface area (Å²) in [5, 5.41) is 11.0. The first-order valence-corrected chi connectivity index (χ1v) is 6.01. The topological polar surface area (TPSA) is 89.7 Å². The van der Waals surface area contributed by atoms with Crippen molar-refractivity contribution in [3.05, 3.63) is 39.9 Å². The Hall–Kier alpha value is -2.44. The van der Waals surface area contributed by atoms with Gasteiger partial charge >= 0.3 is 5.97 Å². The Morgan fingerprint density at radius 1 is 1.45 bits per heavy atom. The Balaban J connectivity index is 2.52. The molecule has 0 saturated heterocycles. The Labute approximate surface area is 115 Å². The van der Waals surface area contributed by atoms with Crippen molar-refractivity contribution in [1.82, 2.24) is 0 Å². The highest BCUT2D eigenvalue weighted by Gasteiger charge is 2.54. The maximum absolute atomic E-state index is 12.5. The largest absolute Gasteiger partial charge is 0.464 e. The average Bonchev–Trinajstić information content (AvgIpc) is 2.60. The second kappa shape index (κ2) is 4.92. The molecule has 7 nitrogen and oxygen atoms in total. The van der Waals surface area contributed by atoms with Crippen molar-refractivity contribution in [1.29, 1.82) is 0 Å². The van der Waals surface area contributed by atoms with E-state index < -0.39 is 28.8 Å². The number of ether oxygens (including phenoxy) is 1. The number of rotatable bonds is 4. The number of nitrogens with zero attached hydrogens (tertiary/aromatic N) is 2. The van der Waals surface area contributed by atoms with E-state index >= 15 is 0 Å². The molecule has 0 aromatic heterocycles. The molecule has 1 aliphatic heterocycles. The molecule has 20 heavy (non-hydrogen) atoms. The summed E-state index contributed by atoms with van der Waals surface area (Å²) in [4.78, 5) is 35.2. The van der Waals surface area contributed by atoms with Crippen LogP contribution in [0.15, 0.2) is 24.3 Å². The second-order valence-corrected chi connectivity index (χ2v) is 4.73. The molecule has 7 heteroatoms. The van der Waals surface area contributed by atoms with Gasteiger partial charge < -0.3 is 9.64 Å². The molecule has 1 atom stereocenters. The smallest absolute Gasteiger partial charge is 0.302 e. The van der Waals surface area contributed by atoms with Gasteiger partial charge in [-0.1, -0.05) is 18.2 Å². The maximum atomic E-state index is 12.5. The zero-order valence-electron chi connectivity index (χ0n) is 11.2. The molecule has 1 aliphatic rings. The average molecular weight is 278 g/mol. The Morgan fingerprint density at radius 3 is 2.70 bits per heavy atom. The van der Waals surface area contributed by atoms with Gasteiger partial charge in [-0.05, 0) is 6.07 Å². The molecule has 106 valence electrons. The molecular weight excluding hydrogens is 264 g/mol. The summed E-state index contributed by atoms with van der Waals surface area (Å²) in [5.41, 5.74) is -0.322. The molecule has 0 saturated carbocycles. The number of nitro groups is 1. The van der Waals surface area contributed by atoms with Crippen molar-refractivity contribution in [3.8, 4) is 0 Å². The highest BCUT2D eigenvalue weighted by atomic mass is 16.6. The number of benzene rings is 1. The van der Waals surface area contributed by atoms with Gasteiger partial charge in [0, 0.05) is 30.1 Å². The fourth-order valence-electron chi connectivity index (χ4n) is 2.50. The number of carbonyl (C=O) groups is 2. The minimum atomic E-state index is -1.44. The summed E-state index contributed by atoms with van der Waals surface area (Å²) in [6, 6.07) is 6.82. The summed E-state index contributed by atoms with van der Waals surface area (Å²) in [7, 11) is 1.55. The first-order chi connectivity index (χ1) is 9.38. The van der Waals surface area contributed by atoms with E-state index in [-0.39, 0.29) is 6.61 Å². The summed E-state index contributed by atoms with van der Waals surface area (Å²) in [6.45, 7) is 0.263. The summed E-state index contributed by atoms with van der Waals surface area (Å²) in [6.07, 6.45) is 0. The molecule has 1 heterocycles. The lowest BCUT2D eigenvalue weighted by atomic mass is 9.82. The number of para-hydroxylation sites is 1. The highest BCUT2D eigenvalue weighted by Crippen LogP contribution is 2.41. The fourth-order valence-corrected chi connectivity index (χ4v) is 2.50. The molecule has 0 N–H and O–H groups in total. The molecule has 0 unspecified atom stereocenters. The molecular formula is C13H14N2O5. The molecule has 0 spiro atoms. The lowest BCUT2D eigenvalue weighted by molar-refractivity contribution is -0.488. The zero-order valence-corrected chi connectivity index (χ0v) is 11.2. The summed E-state index contributed by atoms with van der Waals surface area (Å²) in [5.74, 6) is -1.01. The van der Waals surface area contributed by atoms with E-state index in [1.165, 1.54) is 11.8 Å². The van der Waals surface area contributed by atoms with Crippen LogP contribution in [0.25, 0.3) is 0 Å². The number of likely N-dealkylation sites (N-methyl/N-ethyl adjacent to an activating group) is 1. The molecule has 1 aromatic rings. The Morgan fingerprint density at radius 2 is 2.10 bits per heavy atom. The normalized spacial score (nSPS) is 20.7. The molecule has 0 radical (unpaired) electrons. The molecule has 1 amide bonds. The molecule has 0 fully saturated rings. The van der Waals surface area contributed by atoms with Crippen LogP contribution in [-0.2, 0) is 19.7 Å². The van der Waals surface area contributed by atoms with Crippen molar-refractivity contribution in [2.24, 2.45) is 0 Å². The predicted octanol–water partition coefficient (Wildman–Crippen LogP) is 0.741. The van der Waals surface area contributed by atoms with Crippen LogP contribution < -0.4 is 4.90 Å². The molecule has 0 bridgehead atoms.